The third-order valence-corrected chi connectivity index (χ3v) is 2.13. The zero-order valence-corrected chi connectivity index (χ0v) is 10.3. The summed E-state index contributed by atoms with van der Waals surface area (Å²) in [6, 6.07) is 1.16. The second-order valence-electron chi connectivity index (χ2n) is 3.67. The fraction of sp³-hybridized carbons (Fsp3) is 0.455. The summed E-state index contributed by atoms with van der Waals surface area (Å²) in [6.45, 7) is 3.09. The quantitative estimate of drug-likeness (QED) is 0.851. The lowest BCUT2D eigenvalue weighted by atomic mass is 10.1. The molecule has 0 saturated carbocycles. The highest BCUT2D eigenvalue weighted by molar-refractivity contribution is 5.72. The van der Waals surface area contributed by atoms with Crippen molar-refractivity contribution in [3.05, 3.63) is 27.5 Å². The fourth-order valence-electron chi connectivity index (χ4n) is 1.39. The van der Waals surface area contributed by atoms with Gasteiger partial charge in [0, 0.05) is 11.1 Å². The number of alkyl halides is 3. The Bertz CT molecular complexity index is 522. The van der Waals surface area contributed by atoms with Crippen LogP contribution in [-0.2, 0) is 16.0 Å². The molecule has 1 rings (SSSR count). The Hall–Kier alpha value is -1.99. The normalized spacial score (nSPS) is 11.2. The zero-order valence-electron chi connectivity index (χ0n) is 10.3. The van der Waals surface area contributed by atoms with E-state index in [1.165, 1.54) is 6.92 Å². The minimum absolute atomic E-state index is 0.0190. The minimum atomic E-state index is -4.89. The lowest BCUT2D eigenvalue weighted by Crippen LogP contribution is -2.23. The standard InChI is InChI=1S/C11H12F3NO4/c1-3-18-8(16)5-7-4-6(2)10(15-9(7)17)19-11(12,13)14/h4H,3,5H2,1-2H3,(H,15,17). The fourth-order valence-corrected chi connectivity index (χ4v) is 1.39. The molecule has 5 nitrogen and oxygen atoms in total. The molecule has 1 aromatic heterocycles. The summed E-state index contributed by atoms with van der Waals surface area (Å²) in [5, 5.41) is 0. The van der Waals surface area contributed by atoms with Gasteiger partial charge in [0.2, 0.25) is 5.88 Å². The maximum Gasteiger partial charge on any atom is 0.574 e. The Morgan fingerprint density at radius 2 is 2.05 bits per heavy atom. The molecule has 0 fully saturated rings. The maximum absolute atomic E-state index is 12.0. The first kappa shape index (κ1) is 15.1. The van der Waals surface area contributed by atoms with Crippen molar-refractivity contribution in [1.29, 1.82) is 0 Å². The predicted octanol–water partition coefficient (Wildman–Crippen LogP) is 1.69. The largest absolute Gasteiger partial charge is 0.574 e. The van der Waals surface area contributed by atoms with Crippen LogP contribution in [0.5, 0.6) is 5.88 Å². The second-order valence-corrected chi connectivity index (χ2v) is 3.67. The lowest BCUT2D eigenvalue weighted by molar-refractivity contribution is -0.276. The van der Waals surface area contributed by atoms with Crippen LogP contribution in [0, 0.1) is 6.92 Å². The van der Waals surface area contributed by atoms with Crippen LogP contribution in [0.25, 0.3) is 0 Å². The molecule has 0 amide bonds. The van der Waals surface area contributed by atoms with E-state index in [-0.39, 0.29) is 24.2 Å². The summed E-state index contributed by atoms with van der Waals surface area (Å²) in [5.74, 6) is -1.32. The number of ether oxygens (including phenoxy) is 2. The zero-order chi connectivity index (χ0) is 14.6. The number of nitrogens with one attached hydrogen (secondary N) is 1. The second kappa shape index (κ2) is 5.77. The van der Waals surface area contributed by atoms with E-state index in [0.29, 0.717) is 0 Å². The van der Waals surface area contributed by atoms with Gasteiger partial charge in [-0.1, -0.05) is 0 Å². The highest BCUT2D eigenvalue weighted by Crippen LogP contribution is 2.23. The first-order chi connectivity index (χ1) is 8.73. The molecule has 0 atom stereocenters. The predicted molar refractivity (Wildman–Crippen MR) is 58.8 cm³/mol. The van der Waals surface area contributed by atoms with Crippen molar-refractivity contribution < 1.29 is 27.4 Å². The van der Waals surface area contributed by atoms with Crippen LogP contribution in [-0.4, -0.2) is 23.9 Å². The molecule has 0 aliphatic carbocycles. The molecule has 0 bridgehead atoms. The van der Waals surface area contributed by atoms with E-state index in [9.17, 15) is 22.8 Å². The van der Waals surface area contributed by atoms with Gasteiger partial charge in [-0.05, 0) is 19.9 Å². The molecule has 1 heterocycles. The Morgan fingerprint density at radius 1 is 1.42 bits per heavy atom. The van der Waals surface area contributed by atoms with Gasteiger partial charge in [0.25, 0.3) is 5.56 Å². The molecule has 1 aromatic rings. The van der Waals surface area contributed by atoms with E-state index < -0.39 is 23.8 Å². The topological polar surface area (TPSA) is 68.4 Å². The van der Waals surface area contributed by atoms with Gasteiger partial charge in [-0.15, -0.1) is 13.2 Å². The Balaban J connectivity index is 2.97. The van der Waals surface area contributed by atoms with E-state index in [1.54, 1.807) is 6.92 Å². The third-order valence-electron chi connectivity index (χ3n) is 2.13. The SMILES string of the molecule is CCOC(=O)Cc1cc(C)c(OC(F)(F)F)[nH]c1=O. The first-order valence-corrected chi connectivity index (χ1v) is 5.37. The number of H-pyrrole nitrogens is 1. The van der Waals surface area contributed by atoms with Crippen molar-refractivity contribution in [1.82, 2.24) is 4.98 Å². The van der Waals surface area contributed by atoms with Crippen LogP contribution in [0.4, 0.5) is 13.2 Å². The third kappa shape index (κ3) is 4.65. The van der Waals surface area contributed by atoms with Crippen molar-refractivity contribution in [3.63, 3.8) is 0 Å². The highest BCUT2D eigenvalue weighted by Gasteiger charge is 2.32. The van der Waals surface area contributed by atoms with Crippen LogP contribution in [0.15, 0.2) is 10.9 Å². The number of aromatic nitrogens is 1. The summed E-state index contributed by atoms with van der Waals surface area (Å²) in [4.78, 5) is 24.7. The average molecular weight is 279 g/mol. The number of hydrogen-bond acceptors (Lipinski definition) is 4. The van der Waals surface area contributed by atoms with Gasteiger partial charge in [-0.25, -0.2) is 0 Å². The van der Waals surface area contributed by atoms with Crippen molar-refractivity contribution in [2.45, 2.75) is 26.6 Å². The minimum Gasteiger partial charge on any atom is -0.466 e. The number of carbonyl (C=O) groups is 1. The molecule has 106 valence electrons. The lowest BCUT2D eigenvalue weighted by Gasteiger charge is -2.11. The number of esters is 1. The molecule has 0 aromatic carbocycles. The van der Waals surface area contributed by atoms with Gasteiger partial charge < -0.3 is 9.47 Å². The number of hydrogen-bond donors (Lipinski definition) is 1. The maximum atomic E-state index is 12.0. The smallest absolute Gasteiger partial charge is 0.466 e. The van der Waals surface area contributed by atoms with Crippen LogP contribution in [0.3, 0.4) is 0 Å². The number of halogens is 3. The van der Waals surface area contributed by atoms with Crippen molar-refractivity contribution in [3.8, 4) is 5.88 Å². The van der Waals surface area contributed by atoms with E-state index in [0.717, 1.165) is 6.07 Å². The molecule has 1 N–H and O–H groups in total. The van der Waals surface area contributed by atoms with Gasteiger partial charge in [-0.3, -0.25) is 14.6 Å². The molecule has 0 aliphatic rings. The van der Waals surface area contributed by atoms with Gasteiger partial charge in [0.15, 0.2) is 0 Å². The van der Waals surface area contributed by atoms with Crippen LogP contribution >= 0.6 is 0 Å². The molecule has 0 saturated heterocycles. The van der Waals surface area contributed by atoms with Gasteiger partial charge in [0.05, 0.1) is 13.0 Å². The van der Waals surface area contributed by atoms with Gasteiger partial charge in [-0.2, -0.15) is 0 Å². The molecular formula is C11H12F3NO4. The van der Waals surface area contributed by atoms with Crippen molar-refractivity contribution >= 4 is 5.97 Å². The molecule has 0 spiro atoms. The van der Waals surface area contributed by atoms with Gasteiger partial charge in [0.1, 0.15) is 0 Å². The average Bonchev–Trinajstić information content (AvgIpc) is 2.23. The van der Waals surface area contributed by atoms with Crippen LogP contribution in [0.2, 0.25) is 0 Å². The first-order valence-electron chi connectivity index (χ1n) is 5.37. The summed E-state index contributed by atoms with van der Waals surface area (Å²) >= 11 is 0. The summed E-state index contributed by atoms with van der Waals surface area (Å²) < 4.78 is 44.4. The molecule has 19 heavy (non-hydrogen) atoms. The number of aromatic amines is 1. The summed E-state index contributed by atoms with van der Waals surface area (Å²) in [5.41, 5.74) is -0.736. The van der Waals surface area contributed by atoms with Crippen molar-refractivity contribution in [2.24, 2.45) is 0 Å². The van der Waals surface area contributed by atoms with E-state index >= 15 is 0 Å². The Kier molecular flexibility index (Phi) is 4.57. The molecule has 0 aliphatic heterocycles. The van der Waals surface area contributed by atoms with Gasteiger partial charge >= 0.3 is 12.3 Å². The molecule has 0 unspecified atom stereocenters. The number of carbonyl (C=O) groups excluding carboxylic acids is 1. The highest BCUT2D eigenvalue weighted by atomic mass is 19.4. The Morgan fingerprint density at radius 3 is 2.58 bits per heavy atom. The van der Waals surface area contributed by atoms with E-state index in [2.05, 4.69) is 9.47 Å². The number of pyridine rings is 1. The van der Waals surface area contributed by atoms with Crippen LogP contribution in [0.1, 0.15) is 18.1 Å². The van der Waals surface area contributed by atoms with E-state index in [1.807, 2.05) is 4.98 Å². The number of rotatable bonds is 4. The summed E-state index contributed by atoms with van der Waals surface area (Å²) in [6.07, 6.45) is -5.20. The Labute approximate surface area is 106 Å². The van der Waals surface area contributed by atoms with Crippen molar-refractivity contribution in [2.75, 3.05) is 6.61 Å². The monoisotopic (exact) mass is 279 g/mol. The molecule has 8 heteroatoms. The summed E-state index contributed by atoms with van der Waals surface area (Å²) in [7, 11) is 0. The van der Waals surface area contributed by atoms with E-state index in [4.69, 9.17) is 0 Å². The number of aryl methyl sites for hydroxylation is 1. The molecule has 0 radical (unpaired) electrons. The molecular weight excluding hydrogens is 267 g/mol. The van der Waals surface area contributed by atoms with Crippen LogP contribution < -0.4 is 10.3 Å².